The molecule has 1 aromatic carbocycles. The SMILES string of the molecule is CCCCCCCC(=O)c1ccc(Cl)cc1C. The van der Waals surface area contributed by atoms with Crippen LogP contribution in [0.5, 0.6) is 0 Å². The second-order valence-corrected chi connectivity index (χ2v) is 4.98. The molecule has 0 aliphatic carbocycles. The van der Waals surface area contributed by atoms with Crippen molar-refractivity contribution < 1.29 is 4.79 Å². The molecule has 0 radical (unpaired) electrons. The number of carbonyl (C=O) groups excluding carboxylic acids is 1. The fourth-order valence-electron chi connectivity index (χ4n) is 1.96. The molecule has 1 nitrogen and oxygen atoms in total. The van der Waals surface area contributed by atoms with Gasteiger partial charge < -0.3 is 0 Å². The predicted molar refractivity (Wildman–Crippen MR) is 73.9 cm³/mol. The molecule has 0 heterocycles. The number of hydrogen-bond donors (Lipinski definition) is 0. The topological polar surface area (TPSA) is 17.1 Å². The number of Topliss-reactive ketones (excluding diaryl/α,β-unsaturated/α-hetero) is 1. The van der Waals surface area contributed by atoms with Gasteiger partial charge in [-0.25, -0.2) is 0 Å². The number of halogens is 1. The first-order chi connectivity index (χ1) is 8.15. The highest BCUT2D eigenvalue weighted by Gasteiger charge is 2.08. The zero-order valence-electron chi connectivity index (χ0n) is 10.8. The maximum Gasteiger partial charge on any atom is 0.163 e. The van der Waals surface area contributed by atoms with E-state index in [0.29, 0.717) is 11.4 Å². The molecule has 94 valence electrons. The number of hydrogen-bond acceptors (Lipinski definition) is 1. The van der Waals surface area contributed by atoms with E-state index in [0.717, 1.165) is 24.0 Å². The Kier molecular flexibility index (Phi) is 6.28. The van der Waals surface area contributed by atoms with Crippen LogP contribution in [-0.4, -0.2) is 5.78 Å². The molecule has 2 heteroatoms. The number of ketones is 1. The van der Waals surface area contributed by atoms with Crippen molar-refractivity contribution in [3.05, 3.63) is 34.3 Å². The molecule has 0 unspecified atom stereocenters. The first-order valence-electron chi connectivity index (χ1n) is 6.44. The van der Waals surface area contributed by atoms with Crippen LogP contribution in [0.2, 0.25) is 5.02 Å². The van der Waals surface area contributed by atoms with E-state index in [2.05, 4.69) is 6.92 Å². The number of carbonyl (C=O) groups is 1. The smallest absolute Gasteiger partial charge is 0.163 e. The molecular formula is C15H21ClO. The summed E-state index contributed by atoms with van der Waals surface area (Å²) in [6.45, 7) is 4.14. The molecule has 0 aliphatic heterocycles. The third-order valence-corrected chi connectivity index (χ3v) is 3.23. The Bertz CT molecular complexity index is 371. The zero-order valence-corrected chi connectivity index (χ0v) is 11.5. The first-order valence-corrected chi connectivity index (χ1v) is 6.82. The Morgan fingerprint density at radius 2 is 1.88 bits per heavy atom. The van der Waals surface area contributed by atoms with Gasteiger partial charge in [0, 0.05) is 17.0 Å². The van der Waals surface area contributed by atoms with Crippen molar-refractivity contribution >= 4 is 17.4 Å². The molecule has 0 spiro atoms. The van der Waals surface area contributed by atoms with Gasteiger partial charge in [0.15, 0.2) is 5.78 Å². The van der Waals surface area contributed by atoms with E-state index in [-0.39, 0.29) is 5.78 Å². The minimum absolute atomic E-state index is 0.246. The third kappa shape index (κ3) is 4.91. The van der Waals surface area contributed by atoms with Crippen molar-refractivity contribution in [3.63, 3.8) is 0 Å². The molecule has 0 aromatic heterocycles. The minimum atomic E-state index is 0.246. The average Bonchev–Trinajstić information content (AvgIpc) is 2.28. The van der Waals surface area contributed by atoms with Gasteiger partial charge in [-0.05, 0) is 37.1 Å². The summed E-state index contributed by atoms with van der Waals surface area (Å²) >= 11 is 5.87. The standard InChI is InChI=1S/C15H21ClO/c1-3-4-5-6-7-8-15(17)14-10-9-13(16)11-12(14)2/h9-11H,3-8H2,1-2H3. The van der Waals surface area contributed by atoms with Crippen molar-refractivity contribution in [1.82, 2.24) is 0 Å². The maximum atomic E-state index is 12.0. The lowest BCUT2D eigenvalue weighted by atomic mass is 10.00. The molecule has 0 saturated heterocycles. The normalized spacial score (nSPS) is 10.5. The van der Waals surface area contributed by atoms with Crippen LogP contribution in [0.25, 0.3) is 0 Å². The average molecular weight is 253 g/mol. The van der Waals surface area contributed by atoms with Crippen LogP contribution < -0.4 is 0 Å². The molecule has 0 fully saturated rings. The molecule has 0 saturated carbocycles. The lowest BCUT2D eigenvalue weighted by molar-refractivity contribution is 0.0978. The van der Waals surface area contributed by atoms with Crippen LogP contribution >= 0.6 is 11.6 Å². The number of rotatable bonds is 7. The fourth-order valence-corrected chi connectivity index (χ4v) is 2.19. The van der Waals surface area contributed by atoms with E-state index in [4.69, 9.17) is 11.6 Å². The van der Waals surface area contributed by atoms with Gasteiger partial charge in [0.2, 0.25) is 0 Å². The molecule has 0 amide bonds. The number of unbranched alkanes of at least 4 members (excludes halogenated alkanes) is 4. The van der Waals surface area contributed by atoms with Gasteiger partial charge in [-0.15, -0.1) is 0 Å². The van der Waals surface area contributed by atoms with Crippen LogP contribution in [0.4, 0.5) is 0 Å². The summed E-state index contributed by atoms with van der Waals surface area (Å²) in [5, 5.41) is 0.696. The highest BCUT2D eigenvalue weighted by molar-refractivity contribution is 6.30. The Morgan fingerprint density at radius 3 is 2.53 bits per heavy atom. The number of benzene rings is 1. The summed E-state index contributed by atoms with van der Waals surface area (Å²) < 4.78 is 0. The van der Waals surface area contributed by atoms with Gasteiger partial charge in [0.25, 0.3) is 0 Å². The molecule has 1 aromatic rings. The van der Waals surface area contributed by atoms with Crippen LogP contribution in [-0.2, 0) is 0 Å². The summed E-state index contributed by atoms with van der Waals surface area (Å²) in [6, 6.07) is 5.48. The second-order valence-electron chi connectivity index (χ2n) is 4.55. The lowest BCUT2D eigenvalue weighted by Crippen LogP contribution is -2.01. The summed E-state index contributed by atoms with van der Waals surface area (Å²) in [5.41, 5.74) is 1.81. The lowest BCUT2D eigenvalue weighted by Gasteiger charge is -2.05. The molecule has 0 atom stereocenters. The van der Waals surface area contributed by atoms with Crippen LogP contribution in [0, 0.1) is 6.92 Å². The Labute approximate surface area is 109 Å². The van der Waals surface area contributed by atoms with E-state index in [1.807, 2.05) is 19.1 Å². The monoisotopic (exact) mass is 252 g/mol. The molecule has 0 bridgehead atoms. The van der Waals surface area contributed by atoms with Gasteiger partial charge in [-0.1, -0.05) is 44.2 Å². The number of aryl methyl sites for hydroxylation is 1. The van der Waals surface area contributed by atoms with Crippen LogP contribution in [0.15, 0.2) is 18.2 Å². The second kappa shape index (κ2) is 7.50. The van der Waals surface area contributed by atoms with E-state index >= 15 is 0 Å². The van der Waals surface area contributed by atoms with Crippen LogP contribution in [0.3, 0.4) is 0 Å². The first kappa shape index (κ1) is 14.2. The van der Waals surface area contributed by atoms with Gasteiger partial charge >= 0.3 is 0 Å². The fraction of sp³-hybridized carbons (Fsp3) is 0.533. The molecule has 1 rings (SSSR count). The molecule has 17 heavy (non-hydrogen) atoms. The van der Waals surface area contributed by atoms with Gasteiger partial charge in [-0.2, -0.15) is 0 Å². The molecule has 0 N–H and O–H groups in total. The van der Waals surface area contributed by atoms with E-state index < -0.39 is 0 Å². The predicted octanol–water partition coefficient (Wildman–Crippen LogP) is 5.19. The van der Waals surface area contributed by atoms with E-state index in [1.54, 1.807) is 6.07 Å². The minimum Gasteiger partial charge on any atom is -0.294 e. The highest BCUT2D eigenvalue weighted by atomic mass is 35.5. The maximum absolute atomic E-state index is 12.0. The highest BCUT2D eigenvalue weighted by Crippen LogP contribution is 2.18. The van der Waals surface area contributed by atoms with Crippen LogP contribution in [0.1, 0.15) is 61.4 Å². The van der Waals surface area contributed by atoms with Gasteiger partial charge in [-0.3, -0.25) is 4.79 Å². The molecular weight excluding hydrogens is 232 g/mol. The van der Waals surface area contributed by atoms with Crippen molar-refractivity contribution in [2.24, 2.45) is 0 Å². The quantitative estimate of drug-likeness (QED) is 0.482. The van der Waals surface area contributed by atoms with E-state index in [9.17, 15) is 4.79 Å². The van der Waals surface area contributed by atoms with Crippen molar-refractivity contribution in [3.8, 4) is 0 Å². The van der Waals surface area contributed by atoms with Gasteiger partial charge in [0.1, 0.15) is 0 Å². The van der Waals surface area contributed by atoms with Crippen molar-refractivity contribution in [2.75, 3.05) is 0 Å². The summed E-state index contributed by atoms with van der Waals surface area (Å²) in [7, 11) is 0. The summed E-state index contributed by atoms with van der Waals surface area (Å²) in [4.78, 5) is 12.0. The Morgan fingerprint density at radius 1 is 1.18 bits per heavy atom. The van der Waals surface area contributed by atoms with Gasteiger partial charge in [0.05, 0.1) is 0 Å². The largest absolute Gasteiger partial charge is 0.294 e. The zero-order chi connectivity index (χ0) is 12.7. The summed E-state index contributed by atoms with van der Waals surface area (Å²) in [5.74, 6) is 0.246. The van der Waals surface area contributed by atoms with Crippen molar-refractivity contribution in [2.45, 2.75) is 52.4 Å². The Balaban J connectivity index is 2.42. The Hall–Kier alpha value is -0.820. The summed E-state index contributed by atoms with van der Waals surface area (Å²) in [6.07, 6.45) is 6.57. The van der Waals surface area contributed by atoms with Crippen molar-refractivity contribution in [1.29, 1.82) is 0 Å². The third-order valence-electron chi connectivity index (χ3n) is 3.00. The van der Waals surface area contributed by atoms with E-state index in [1.165, 1.54) is 19.3 Å². The molecule has 0 aliphatic rings.